The van der Waals surface area contributed by atoms with Crippen LogP contribution in [-0.2, 0) is 11.3 Å². The van der Waals surface area contributed by atoms with Crippen LogP contribution in [0.4, 0.5) is 0 Å². The van der Waals surface area contributed by atoms with Crippen molar-refractivity contribution < 1.29 is 4.79 Å². The normalized spacial score (nSPS) is 20.0. The molecule has 0 bridgehead atoms. The van der Waals surface area contributed by atoms with Gasteiger partial charge < -0.3 is 10.6 Å². The molecule has 0 unspecified atom stereocenters. The Morgan fingerprint density at radius 3 is 2.76 bits per heavy atom. The van der Waals surface area contributed by atoms with Crippen LogP contribution in [0.2, 0.25) is 0 Å². The lowest BCUT2D eigenvalue weighted by molar-refractivity contribution is -0.133. The van der Waals surface area contributed by atoms with Crippen LogP contribution < -0.4 is 5.73 Å². The zero-order chi connectivity index (χ0) is 15.2. The molecular formula is C17H27N3O. The van der Waals surface area contributed by atoms with Crippen LogP contribution in [0.3, 0.4) is 0 Å². The van der Waals surface area contributed by atoms with Crippen LogP contribution >= 0.6 is 0 Å². The summed E-state index contributed by atoms with van der Waals surface area (Å²) in [5, 5.41) is 0. The highest BCUT2D eigenvalue weighted by molar-refractivity contribution is 5.81. The molecule has 4 nitrogen and oxygen atoms in total. The first-order valence-corrected chi connectivity index (χ1v) is 7.94. The van der Waals surface area contributed by atoms with Crippen LogP contribution in [0, 0.1) is 0 Å². The maximum absolute atomic E-state index is 12.2. The van der Waals surface area contributed by atoms with Gasteiger partial charge in [-0.05, 0) is 31.9 Å². The van der Waals surface area contributed by atoms with E-state index in [-0.39, 0.29) is 5.91 Å². The lowest BCUT2D eigenvalue weighted by atomic mass is 10.1. The number of hydrogen-bond acceptors (Lipinski definition) is 3. The number of likely N-dealkylation sites (N-methyl/N-ethyl adjacent to an activating group) is 1. The fourth-order valence-corrected chi connectivity index (χ4v) is 3.02. The van der Waals surface area contributed by atoms with Crippen molar-refractivity contribution in [1.29, 1.82) is 0 Å². The molecule has 0 aromatic heterocycles. The summed E-state index contributed by atoms with van der Waals surface area (Å²) in [6.07, 6.45) is 2.18. The van der Waals surface area contributed by atoms with E-state index in [0.29, 0.717) is 6.04 Å². The molecule has 1 amide bonds. The number of likely N-dealkylation sites (tertiary alicyclic amines) is 1. The van der Waals surface area contributed by atoms with E-state index in [4.69, 9.17) is 5.73 Å². The number of benzene rings is 1. The van der Waals surface area contributed by atoms with Gasteiger partial charge in [-0.15, -0.1) is 0 Å². The van der Waals surface area contributed by atoms with Crippen molar-refractivity contribution in [2.45, 2.75) is 45.3 Å². The fourth-order valence-electron chi connectivity index (χ4n) is 3.02. The Balaban J connectivity index is 1.96. The van der Waals surface area contributed by atoms with Crippen LogP contribution in [-0.4, -0.2) is 47.4 Å². The second-order valence-corrected chi connectivity index (χ2v) is 5.93. The first-order valence-electron chi connectivity index (χ1n) is 7.94. The van der Waals surface area contributed by atoms with Crippen molar-refractivity contribution in [3.05, 3.63) is 35.9 Å². The highest BCUT2D eigenvalue weighted by Gasteiger charge is 2.31. The van der Waals surface area contributed by atoms with Gasteiger partial charge in [-0.2, -0.15) is 0 Å². The maximum atomic E-state index is 12.2. The monoisotopic (exact) mass is 289 g/mol. The maximum Gasteiger partial charge on any atom is 0.239 e. The second-order valence-electron chi connectivity index (χ2n) is 5.93. The first-order chi connectivity index (χ1) is 10.1. The van der Waals surface area contributed by atoms with E-state index in [1.807, 2.05) is 11.0 Å². The molecule has 1 aliphatic rings. The molecule has 1 aliphatic heterocycles. The van der Waals surface area contributed by atoms with E-state index in [1.165, 1.54) is 5.56 Å². The summed E-state index contributed by atoms with van der Waals surface area (Å²) in [5.74, 6) is 0.0910. The van der Waals surface area contributed by atoms with Gasteiger partial charge in [0.05, 0.1) is 6.04 Å². The zero-order valence-corrected chi connectivity index (χ0v) is 13.2. The molecule has 1 heterocycles. The standard InChI is InChI=1S/C17H27N3O/c1-3-19(12-15-8-5-4-6-9-15)13-16-10-7-11-20(16)17(21)14(2)18/h4-6,8-9,14,16H,3,7,10-13,18H2,1-2H3/t14-,16+/m0/s1. The van der Waals surface area contributed by atoms with Crippen LogP contribution in [0.25, 0.3) is 0 Å². The molecule has 21 heavy (non-hydrogen) atoms. The first kappa shape index (κ1) is 16.0. The quantitative estimate of drug-likeness (QED) is 0.869. The minimum absolute atomic E-state index is 0.0910. The molecule has 0 aliphatic carbocycles. The van der Waals surface area contributed by atoms with Crippen molar-refractivity contribution in [3.8, 4) is 0 Å². The Hall–Kier alpha value is -1.39. The minimum atomic E-state index is -0.394. The van der Waals surface area contributed by atoms with Gasteiger partial charge in [-0.25, -0.2) is 0 Å². The van der Waals surface area contributed by atoms with Crippen molar-refractivity contribution in [2.75, 3.05) is 19.6 Å². The summed E-state index contributed by atoms with van der Waals surface area (Å²) < 4.78 is 0. The predicted molar refractivity (Wildman–Crippen MR) is 85.8 cm³/mol. The topological polar surface area (TPSA) is 49.6 Å². The summed E-state index contributed by atoms with van der Waals surface area (Å²) in [7, 11) is 0. The Morgan fingerprint density at radius 2 is 2.14 bits per heavy atom. The number of carbonyl (C=O) groups is 1. The molecule has 1 aromatic rings. The summed E-state index contributed by atoms with van der Waals surface area (Å²) in [5.41, 5.74) is 7.08. The van der Waals surface area contributed by atoms with Gasteiger partial charge in [0.15, 0.2) is 0 Å². The number of hydrogen-bond donors (Lipinski definition) is 1. The molecule has 116 valence electrons. The van der Waals surface area contributed by atoms with Crippen molar-refractivity contribution >= 4 is 5.91 Å². The molecule has 2 rings (SSSR count). The van der Waals surface area contributed by atoms with Crippen molar-refractivity contribution in [3.63, 3.8) is 0 Å². The molecule has 2 N–H and O–H groups in total. The molecule has 0 saturated carbocycles. The summed E-state index contributed by atoms with van der Waals surface area (Å²) in [4.78, 5) is 16.6. The largest absolute Gasteiger partial charge is 0.337 e. The number of carbonyl (C=O) groups excluding carboxylic acids is 1. The van der Waals surface area contributed by atoms with E-state index in [2.05, 4.69) is 36.1 Å². The molecule has 4 heteroatoms. The average Bonchev–Trinajstić information content (AvgIpc) is 2.94. The smallest absolute Gasteiger partial charge is 0.239 e. The Labute approximate surface area is 127 Å². The summed E-state index contributed by atoms with van der Waals surface area (Å²) in [6, 6.07) is 10.4. The van der Waals surface area contributed by atoms with Crippen molar-refractivity contribution in [1.82, 2.24) is 9.80 Å². The van der Waals surface area contributed by atoms with Gasteiger partial charge in [0.25, 0.3) is 0 Å². The Bertz CT molecular complexity index is 447. The zero-order valence-electron chi connectivity index (χ0n) is 13.2. The molecule has 1 aromatic carbocycles. The average molecular weight is 289 g/mol. The summed E-state index contributed by atoms with van der Waals surface area (Å²) in [6.45, 7) is 7.67. The highest BCUT2D eigenvalue weighted by atomic mass is 16.2. The van der Waals surface area contributed by atoms with E-state index in [1.54, 1.807) is 6.92 Å². The molecule has 1 fully saturated rings. The fraction of sp³-hybridized carbons (Fsp3) is 0.588. The number of nitrogens with two attached hydrogens (primary N) is 1. The lowest BCUT2D eigenvalue weighted by Crippen LogP contribution is -2.48. The van der Waals surface area contributed by atoms with Gasteiger partial charge in [0, 0.05) is 25.7 Å². The van der Waals surface area contributed by atoms with E-state index in [9.17, 15) is 4.79 Å². The third-order valence-corrected chi connectivity index (χ3v) is 4.21. The second kappa shape index (κ2) is 7.57. The predicted octanol–water partition coefficient (Wildman–Crippen LogP) is 1.85. The number of amides is 1. The number of rotatable bonds is 6. The summed E-state index contributed by atoms with van der Waals surface area (Å²) >= 11 is 0. The Kier molecular flexibility index (Phi) is 5.76. The van der Waals surface area contributed by atoms with Crippen LogP contribution in [0.5, 0.6) is 0 Å². The number of nitrogens with zero attached hydrogens (tertiary/aromatic N) is 2. The van der Waals surface area contributed by atoms with Gasteiger partial charge >= 0.3 is 0 Å². The van der Waals surface area contributed by atoms with E-state index in [0.717, 1.165) is 39.0 Å². The third kappa shape index (κ3) is 4.29. The van der Waals surface area contributed by atoms with Crippen LogP contribution in [0.15, 0.2) is 30.3 Å². The molecular weight excluding hydrogens is 262 g/mol. The highest BCUT2D eigenvalue weighted by Crippen LogP contribution is 2.20. The molecule has 1 saturated heterocycles. The van der Waals surface area contributed by atoms with E-state index >= 15 is 0 Å². The third-order valence-electron chi connectivity index (χ3n) is 4.21. The van der Waals surface area contributed by atoms with Crippen LogP contribution in [0.1, 0.15) is 32.3 Å². The molecule has 0 spiro atoms. The van der Waals surface area contributed by atoms with Gasteiger partial charge in [0.1, 0.15) is 0 Å². The Morgan fingerprint density at radius 1 is 1.43 bits per heavy atom. The minimum Gasteiger partial charge on any atom is -0.337 e. The van der Waals surface area contributed by atoms with Gasteiger partial charge in [0.2, 0.25) is 5.91 Å². The molecule has 2 atom stereocenters. The van der Waals surface area contributed by atoms with Crippen molar-refractivity contribution in [2.24, 2.45) is 5.73 Å². The van der Waals surface area contributed by atoms with E-state index < -0.39 is 6.04 Å². The molecule has 0 radical (unpaired) electrons. The van der Waals surface area contributed by atoms with Gasteiger partial charge in [-0.1, -0.05) is 37.3 Å². The lowest BCUT2D eigenvalue weighted by Gasteiger charge is -2.31. The van der Waals surface area contributed by atoms with Gasteiger partial charge in [-0.3, -0.25) is 9.69 Å². The SMILES string of the molecule is CCN(Cc1ccccc1)C[C@H]1CCCN1C(=O)[C@H](C)N.